The van der Waals surface area contributed by atoms with Crippen molar-refractivity contribution in [2.24, 2.45) is 0 Å². The van der Waals surface area contributed by atoms with E-state index in [-0.39, 0.29) is 34.6 Å². The Balaban J connectivity index is 1.75. The Morgan fingerprint density at radius 3 is 2.38 bits per heavy atom. The number of rotatable bonds is 7. The summed E-state index contributed by atoms with van der Waals surface area (Å²) in [5.74, 6) is -1.95. The third-order valence-corrected chi connectivity index (χ3v) is 6.03. The molecule has 3 aromatic rings. The second-order valence-corrected chi connectivity index (χ2v) is 9.12. The number of benzene rings is 2. The van der Waals surface area contributed by atoms with Gasteiger partial charge in [0.2, 0.25) is 5.82 Å². The monoisotopic (exact) mass is 519 g/mol. The molecule has 9 nitrogen and oxygen atoms in total. The van der Waals surface area contributed by atoms with Gasteiger partial charge in [0, 0.05) is 31.4 Å². The number of alkyl halides is 3. The lowest BCUT2D eigenvalue weighted by atomic mass is 9.98. The summed E-state index contributed by atoms with van der Waals surface area (Å²) in [5, 5.41) is 30.6. The van der Waals surface area contributed by atoms with E-state index in [4.69, 9.17) is 4.74 Å². The zero-order chi connectivity index (χ0) is 26.7. The fourth-order valence-electron chi connectivity index (χ4n) is 4.11. The molecule has 37 heavy (non-hydrogen) atoms. The molecular weight excluding hydrogens is 491 g/mol. The largest absolute Gasteiger partial charge is 0.508 e. The standard InChI is InChI=1S/C25H28F3N5O4/c1-15(2)18-11-19(21(35)12-20(18)34)22-30-31-23(24(36)29-14-25(26,27)28)33(22)17-5-3-16(4-6-17)13-32-7-9-37-10-8-32/h3-6,11-12,15,34-35H,7-10,13-14H2,1-2H3,(H,29,36). The van der Waals surface area contributed by atoms with Crippen LogP contribution < -0.4 is 5.32 Å². The summed E-state index contributed by atoms with van der Waals surface area (Å²) >= 11 is 0. The van der Waals surface area contributed by atoms with Gasteiger partial charge in [-0.3, -0.25) is 14.3 Å². The van der Waals surface area contributed by atoms with E-state index >= 15 is 0 Å². The Hall–Kier alpha value is -3.64. The smallest absolute Gasteiger partial charge is 0.405 e. The van der Waals surface area contributed by atoms with Crippen LogP contribution in [-0.4, -0.2) is 74.8 Å². The third kappa shape index (κ3) is 6.20. The number of morpholine rings is 1. The van der Waals surface area contributed by atoms with Crippen LogP contribution in [-0.2, 0) is 11.3 Å². The normalized spacial score (nSPS) is 14.8. The molecule has 2 aromatic carbocycles. The van der Waals surface area contributed by atoms with Gasteiger partial charge in [-0.25, -0.2) is 0 Å². The zero-order valence-corrected chi connectivity index (χ0v) is 20.4. The second kappa shape index (κ2) is 10.8. The molecule has 1 aliphatic heterocycles. The molecule has 0 spiro atoms. The van der Waals surface area contributed by atoms with E-state index in [1.165, 1.54) is 16.7 Å². The van der Waals surface area contributed by atoms with E-state index in [9.17, 15) is 28.2 Å². The Morgan fingerprint density at radius 1 is 1.08 bits per heavy atom. The predicted octanol–water partition coefficient (Wildman–Crippen LogP) is 3.59. The van der Waals surface area contributed by atoms with Crippen molar-refractivity contribution in [3.8, 4) is 28.6 Å². The van der Waals surface area contributed by atoms with Crippen LogP contribution in [0.4, 0.5) is 13.2 Å². The van der Waals surface area contributed by atoms with E-state index in [1.807, 2.05) is 31.3 Å². The molecule has 198 valence electrons. The molecule has 12 heteroatoms. The molecule has 1 fully saturated rings. The maximum Gasteiger partial charge on any atom is 0.405 e. The van der Waals surface area contributed by atoms with Gasteiger partial charge in [-0.15, -0.1) is 10.2 Å². The number of hydrogen-bond acceptors (Lipinski definition) is 7. The molecule has 0 aliphatic carbocycles. The first-order valence-corrected chi connectivity index (χ1v) is 11.8. The summed E-state index contributed by atoms with van der Waals surface area (Å²) < 4.78 is 44.9. The minimum Gasteiger partial charge on any atom is -0.508 e. The number of aromatic hydroxyl groups is 2. The minimum absolute atomic E-state index is 0.0393. The van der Waals surface area contributed by atoms with Crippen molar-refractivity contribution in [2.45, 2.75) is 32.5 Å². The highest BCUT2D eigenvalue weighted by atomic mass is 19.4. The number of amides is 1. The molecule has 1 amide bonds. The quantitative estimate of drug-likeness (QED) is 0.437. The van der Waals surface area contributed by atoms with Crippen molar-refractivity contribution >= 4 is 5.91 Å². The van der Waals surface area contributed by atoms with E-state index < -0.39 is 18.6 Å². The van der Waals surface area contributed by atoms with Gasteiger partial charge in [0.1, 0.15) is 18.0 Å². The molecule has 0 bridgehead atoms. The van der Waals surface area contributed by atoms with E-state index in [0.29, 0.717) is 31.0 Å². The van der Waals surface area contributed by atoms with Crippen LogP contribution in [0.1, 0.15) is 41.5 Å². The average Bonchev–Trinajstić information content (AvgIpc) is 3.28. The molecule has 0 atom stereocenters. The first-order valence-electron chi connectivity index (χ1n) is 11.8. The van der Waals surface area contributed by atoms with Gasteiger partial charge in [-0.2, -0.15) is 13.2 Å². The summed E-state index contributed by atoms with van der Waals surface area (Å²) in [6, 6.07) is 9.82. The number of hydrogen-bond donors (Lipinski definition) is 3. The van der Waals surface area contributed by atoms with Crippen LogP contribution in [0.2, 0.25) is 0 Å². The topological polar surface area (TPSA) is 113 Å². The Morgan fingerprint density at radius 2 is 1.76 bits per heavy atom. The number of phenols is 2. The molecule has 4 rings (SSSR count). The fraction of sp³-hybridized carbons (Fsp3) is 0.400. The third-order valence-electron chi connectivity index (χ3n) is 6.03. The van der Waals surface area contributed by atoms with Crippen molar-refractivity contribution in [3.63, 3.8) is 0 Å². The van der Waals surface area contributed by atoms with Crippen LogP contribution in [0.3, 0.4) is 0 Å². The second-order valence-electron chi connectivity index (χ2n) is 9.12. The Kier molecular flexibility index (Phi) is 7.69. The number of aromatic nitrogens is 3. The fourth-order valence-corrected chi connectivity index (χ4v) is 4.11. The summed E-state index contributed by atoms with van der Waals surface area (Å²) in [5.41, 5.74) is 2.10. The van der Waals surface area contributed by atoms with Gasteiger partial charge in [0.15, 0.2) is 5.82 Å². The number of nitrogens with one attached hydrogen (secondary N) is 1. The van der Waals surface area contributed by atoms with Crippen molar-refractivity contribution in [2.75, 3.05) is 32.8 Å². The highest BCUT2D eigenvalue weighted by Crippen LogP contribution is 2.38. The molecule has 0 saturated carbocycles. The lowest BCUT2D eigenvalue weighted by Gasteiger charge is -2.26. The molecule has 3 N–H and O–H groups in total. The van der Waals surface area contributed by atoms with Gasteiger partial charge in [0.25, 0.3) is 5.91 Å². The SMILES string of the molecule is CC(C)c1cc(-c2nnc(C(=O)NCC(F)(F)F)n2-c2ccc(CN3CCOCC3)cc2)c(O)cc1O. The van der Waals surface area contributed by atoms with E-state index in [1.54, 1.807) is 12.1 Å². The van der Waals surface area contributed by atoms with Crippen LogP contribution in [0.5, 0.6) is 11.5 Å². The first-order chi connectivity index (χ1) is 17.5. The Labute approximate surface area is 211 Å². The highest BCUT2D eigenvalue weighted by molar-refractivity contribution is 5.92. The van der Waals surface area contributed by atoms with Crippen LogP contribution in [0.15, 0.2) is 36.4 Å². The number of halogens is 3. The summed E-state index contributed by atoms with van der Waals surface area (Å²) in [6.07, 6.45) is -4.61. The molecular formula is C25H28F3N5O4. The van der Waals surface area contributed by atoms with Crippen molar-refractivity contribution in [1.82, 2.24) is 25.0 Å². The van der Waals surface area contributed by atoms with Crippen LogP contribution in [0, 0.1) is 0 Å². The molecule has 1 saturated heterocycles. The van der Waals surface area contributed by atoms with Crippen molar-refractivity contribution in [3.05, 3.63) is 53.3 Å². The van der Waals surface area contributed by atoms with Gasteiger partial charge < -0.3 is 20.3 Å². The van der Waals surface area contributed by atoms with Gasteiger partial charge in [-0.05, 0) is 35.2 Å². The Bertz CT molecular complexity index is 1250. The summed E-state index contributed by atoms with van der Waals surface area (Å²) in [4.78, 5) is 15.0. The minimum atomic E-state index is -4.61. The number of carbonyl (C=O) groups excluding carboxylic acids is 1. The van der Waals surface area contributed by atoms with Gasteiger partial charge in [0.05, 0.1) is 18.8 Å². The average molecular weight is 520 g/mol. The number of carbonyl (C=O) groups is 1. The molecule has 1 aromatic heterocycles. The number of ether oxygens (including phenoxy) is 1. The lowest BCUT2D eigenvalue weighted by Crippen LogP contribution is -2.35. The number of phenolic OH excluding ortho intramolecular Hbond substituents is 2. The zero-order valence-electron chi connectivity index (χ0n) is 20.4. The van der Waals surface area contributed by atoms with Crippen LogP contribution >= 0.6 is 0 Å². The predicted molar refractivity (Wildman–Crippen MR) is 129 cm³/mol. The lowest BCUT2D eigenvalue weighted by molar-refractivity contribution is -0.123. The first kappa shape index (κ1) is 26.4. The summed E-state index contributed by atoms with van der Waals surface area (Å²) in [6.45, 7) is 5.79. The maximum absolute atomic E-state index is 12.7. The molecule has 0 unspecified atom stereocenters. The van der Waals surface area contributed by atoms with E-state index in [2.05, 4.69) is 15.1 Å². The van der Waals surface area contributed by atoms with Gasteiger partial charge in [-0.1, -0.05) is 26.0 Å². The summed E-state index contributed by atoms with van der Waals surface area (Å²) in [7, 11) is 0. The maximum atomic E-state index is 12.7. The van der Waals surface area contributed by atoms with Gasteiger partial charge >= 0.3 is 6.18 Å². The highest BCUT2D eigenvalue weighted by Gasteiger charge is 2.30. The molecule has 0 radical (unpaired) electrons. The molecule has 2 heterocycles. The van der Waals surface area contributed by atoms with Crippen molar-refractivity contribution < 1.29 is 32.9 Å². The van der Waals surface area contributed by atoms with E-state index in [0.717, 1.165) is 18.7 Å². The number of nitrogens with zero attached hydrogens (tertiary/aromatic N) is 4. The van der Waals surface area contributed by atoms with Crippen LogP contribution in [0.25, 0.3) is 17.1 Å². The van der Waals surface area contributed by atoms with Crippen molar-refractivity contribution in [1.29, 1.82) is 0 Å². The molecule has 1 aliphatic rings.